The summed E-state index contributed by atoms with van der Waals surface area (Å²) in [4.78, 5) is 52.7. The molecule has 0 saturated carbocycles. The lowest BCUT2D eigenvalue weighted by atomic mass is 10.1. The van der Waals surface area contributed by atoms with Gasteiger partial charge in [-0.25, -0.2) is 9.97 Å². The molecule has 3 heterocycles. The number of nitrogens with one attached hydrogen (secondary N) is 2. The Bertz CT molecular complexity index is 1040. The van der Waals surface area contributed by atoms with Gasteiger partial charge in [0, 0.05) is 57.3 Å². The highest BCUT2D eigenvalue weighted by atomic mass is 16.2. The first-order valence-corrected chi connectivity index (χ1v) is 11.6. The molecule has 1 aromatic heterocycles. The molecule has 2 aliphatic rings. The quantitative estimate of drug-likeness (QED) is 0.642. The Labute approximate surface area is 199 Å². The number of amides is 3. The third-order valence-corrected chi connectivity index (χ3v) is 6.39. The zero-order chi connectivity index (χ0) is 24.1. The second-order valence-corrected chi connectivity index (χ2v) is 8.76. The SMILES string of the molecule is Cc1ccc(NC(=O)CC2C(=O)NCCN2C(=O)CN2CCN(c3ncccn3)CC2)cc1C. The Morgan fingerprint density at radius 3 is 2.50 bits per heavy atom. The minimum Gasteiger partial charge on any atom is -0.353 e. The number of carbonyl (C=O) groups excluding carboxylic acids is 3. The number of benzene rings is 1. The standard InChI is InChI=1S/C24H31N7O3/c1-17-4-5-19(14-18(17)2)28-21(32)15-20-23(34)25-8-9-31(20)22(33)16-29-10-12-30(13-11-29)24-26-6-3-7-27-24/h3-7,14,20H,8-13,15-16H2,1-2H3,(H,25,34)(H,28,32). The van der Waals surface area contributed by atoms with Gasteiger partial charge in [-0.05, 0) is 43.2 Å². The van der Waals surface area contributed by atoms with E-state index in [2.05, 4.69) is 30.4 Å². The van der Waals surface area contributed by atoms with E-state index in [1.54, 1.807) is 23.4 Å². The fraction of sp³-hybridized carbons (Fsp3) is 0.458. The maximum Gasteiger partial charge on any atom is 0.243 e. The molecule has 34 heavy (non-hydrogen) atoms. The van der Waals surface area contributed by atoms with Crippen LogP contribution in [0.1, 0.15) is 17.5 Å². The Kier molecular flexibility index (Phi) is 7.36. The molecule has 1 atom stereocenters. The van der Waals surface area contributed by atoms with Crippen molar-refractivity contribution >= 4 is 29.4 Å². The molecule has 0 bridgehead atoms. The Morgan fingerprint density at radius 2 is 1.79 bits per heavy atom. The highest BCUT2D eigenvalue weighted by Crippen LogP contribution is 2.17. The minimum absolute atomic E-state index is 0.0797. The zero-order valence-corrected chi connectivity index (χ0v) is 19.7. The summed E-state index contributed by atoms with van der Waals surface area (Å²) in [6.45, 7) is 7.82. The van der Waals surface area contributed by atoms with Gasteiger partial charge in [0.25, 0.3) is 0 Å². The molecule has 3 amide bonds. The lowest BCUT2D eigenvalue weighted by Crippen LogP contribution is -2.60. The van der Waals surface area contributed by atoms with Gasteiger partial charge in [-0.2, -0.15) is 0 Å². The maximum absolute atomic E-state index is 13.1. The zero-order valence-electron chi connectivity index (χ0n) is 19.7. The van der Waals surface area contributed by atoms with Crippen molar-refractivity contribution in [1.29, 1.82) is 0 Å². The predicted octanol–water partition coefficient (Wildman–Crippen LogP) is 0.571. The van der Waals surface area contributed by atoms with Crippen molar-refractivity contribution in [2.24, 2.45) is 0 Å². The molecule has 2 saturated heterocycles. The van der Waals surface area contributed by atoms with Gasteiger partial charge in [0.05, 0.1) is 13.0 Å². The van der Waals surface area contributed by atoms with Crippen LogP contribution in [0.25, 0.3) is 0 Å². The second-order valence-electron chi connectivity index (χ2n) is 8.76. The van der Waals surface area contributed by atoms with Gasteiger partial charge in [0.15, 0.2) is 0 Å². The molecule has 2 aromatic rings. The van der Waals surface area contributed by atoms with Gasteiger partial charge in [0.2, 0.25) is 23.7 Å². The Hall–Kier alpha value is -3.53. The number of nitrogens with zero attached hydrogens (tertiary/aromatic N) is 5. The van der Waals surface area contributed by atoms with Crippen LogP contribution in [0.5, 0.6) is 0 Å². The van der Waals surface area contributed by atoms with Crippen LogP contribution in [0.3, 0.4) is 0 Å². The number of piperazine rings is 2. The molecular formula is C24H31N7O3. The fourth-order valence-corrected chi connectivity index (χ4v) is 4.27. The van der Waals surface area contributed by atoms with Crippen LogP contribution in [0.4, 0.5) is 11.6 Å². The van der Waals surface area contributed by atoms with E-state index in [0.29, 0.717) is 37.8 Å². The van der Waals surface area contributed by atoms with E-state index >= 15 is 0 Å². The number of aryl methyl sites for hydroxylation is 2. The summed E-state index contributed by atoms with van der Waals surface area (Å²) >= 11 is 0. The highest BCUT2D eigenvalue weighted by Gasteiger charge is 2.35. The average molecular weight is 466 g/mol. The van der Waals surface area contributed by atoms with E-state index in [9.17, 15) is 14.4 Å². The van der Waals surface area contributed by atoms with E-state index in [1.165, 1.54) is 0 Å². The van der Waals surface area contributed by atoms with Gasteiger partial charge in [-0.15, -0.1) is 0 Å². The first-order chi connectivity index (χ1) is 16.4. The summed E-state index contributed by atoms with van der Waals surface area (Å²) < 4.78 is 0. The molecule has 0 aliphatic carbocycles. The minimum atomic E-state index is -0.813. The third kappa shape index (κ3) is 5.69. The Morgan fingerprint density at radius 1 is 1.06 bits per heavy atom. The molecule has 0 radical (unpaired) electrons. The molecule has 180 valence electrons. The molecule has 0 spiro atoms. The summed E-state index contributed by atoms with van der Waals surface area (Å²) in [5.74, 6) is -0.0280. The van der Waals surface area contributed by atoms with Crippen molar-refractivity contribution in [3.05, 3.63) is 47.8 Å². The van der Waals surface area contributed by atoms with E-state index in [4.69, 9.17) is 0 Å². The average Bonchev–Trinajstić information content (AvgIpc) is 2.83. The van der Waals surface area contributed by atoms with Gasteiger partial charge >= 0.3 is 0 Å². The molecule has 1 aromatic carbocycles. The monoisotopic (exact) mass is 465 g/mol. The molecule has 1 unspecified atom stereocenters. The van der Waals surface area contributed by atoms with Crippen LogP contribution in [0, 0.1) is 13.8 Å². The summed E-state index contributed by atoms with van der Waals surface area (Å²) in [5.41, 5.74) is 2.89. The highest BCUT2D eigenvalue weighted by molar-refractivity contribution is 5.97. The van der Waals surface area contributed by atoms with Crippen LogP contribution < -0.4 is 15.5 Å². The molecule has 2 fully saturated rings. The first-order valence-electron chi connectivity index (χ1n) is 11.6. The normalized spacial score (nSPS) is 19.0. The number of carbonyl (C=O) groups is 3. The predicted molar refractivity (Wildman–Crippen MR) is 128 cm³/mol. The van der Waals surface area contributed by atoms with Gasteiger partial charge < -0.3 is 20.4 Å². The first kappa shape index (κ1) is 23.6. The van der Waals surface area contributed by atoms with Crippen LogP contribution in [0.2, 0.25) is 0 Å². The smallest absolute Gasteiger partial charge is 0.243 e. The molecule has 2 N–H and O–H groups in total. The van der Waals surface area contributed by atoms with Crippen molar-refractivity contribution in [2.75, 3.05) is 56.0 Å². The van der Waals surface area contributed by atoms with E-state index in [1.807, 2.05) is 32.0 Å². The largest absolute Gasteiger partial charge is 0.353 e. The molecular weight excluding hydrogens is 434 g/mol. The van der Waals surface area contributed by atoms with Gasteiger partial charge in [-0.3, -0.25) is 19.3 Å². The van der Waals surface area contributed by atoms with Crippen LogP contribution >= 0.6 is 0 Å². The molecule has 2 aliphatic heterocycles. The van der Waals surface area contributed by atoms with E-state index in [0.717, 1.165) is 24.2 Å². The third-order valence-electron chi connectivity index (χ3n) is 6.39. The van der Waals surface area contributed by atoms with Crippen molar-refractivity contribution in [2.45, 2.75) is 26.3 Å². The summed E-state index contributed by atoms with van der Waals surface area (Å²) in [6, 6.07) is 6.65. The van der Waals surface area contributed by atoms with E-state index < -0.39 is 6.04 Å². The number of aromatic nitrogens is 2. The van der Waals surface area contributed by atoms with Crippen LogP contribution in [0.15, 0.2) is 36.7 Å². The van der Waals surface area contributed by atoms with Crippen LogP contribution in [-0.4, -0.2) is 89.3 Å². The maximum atomic E-state index is 13.1. The summed E-state index contributed by atoms with van der Waals surface area (Å²) in [6.07, 6.45) is 3.36. The van der Waals surface area contributed by atoms with Crippen molar-refractivity contribution in [1.82, 2.24) is 25.1 Å². The molecule has 10 heteroatoms. The lowest BCUT2D eigenvalue weighted by Gasteiger charge is -2.38. The van der Waals surface area contributed by atoms with Crippen molar-refractivity contribution in [3.63, 3.8) is 0 Å². The van der Waals surface area contributed by atoms with Crippen molar-refractivity contribution in [3.8, 4) is 0 Å². The van der Waals surface area contributed by atoms with Crippen molar-refractivity contribution < 1.29 is 14.4 Å². The number of hydrogen-bond donors (Lipinski definition) is 2. The number of hydrogen-bond acceptors (Lipinski definition) is 7. The fourth-order valence-electron chi connectivity index (χ4n) is 4.27. The Balaban J connectivity index is 1.33. The molecule has 10 nitrogen and oxygen atoms in total. The topological polar surface area (TPSA) is 111 Å². The summed E-state index contributed by atoms with van der Waals surface area (Å²) in [7, 11) is 0. The van der Waals surface area contributed by atoms with E-state index in [-0.39, 0.29) is 30.7 Å². The van der Waals surface area contributed by atoms with Crippen LogP contribution in [-0.2, 0) is 14.4 Å². The number of rotatable bonds is 6. The lowest BCUT2D eigenvalue weighted by molar-refractivity contribution is -0.145. The number of anilines is 2. The van der Waals surface area contributed by atoms with Gasteiger partial charge in [-0.1, -0.05) is 6.07 Å². The van der Waals surface area contributed by atoms with Gasteiger partial charge in [0.1, 0.15) is 6.04 Å². The summed E-state index contributed by atoms with van der Waals surface area (Å²) in [5, 5.41) is 5.64. The molecule has 4 rings (SSSR count). The second kappa shape index (κ2) is 10.6.